The smallest absolute Gasteiger partial charge is 0.278 e. The number of carbonyl (C=O) groups excluding carboxylic acids is 2. The van der Waals surface area contributed by atoms with Crippen molar-refractivity contribution in [2.24, 2.45) is 17.8 Å². The SMILES string of the molecule is O=C1C2=CCCC3CC=CC(C(=O)N1O)C23. The molecule has 1 N–H and O–H groups in total. The third-order valence-corrected chi connectivity index (χ3v) is 3.87. The average Bonchev–Trinajstić information content (AvgIpc) is 2.33. The van der Waals surface area contributed by atoms with Crippen molar-refractivity contribution in [3.8, 4) is 0 Å². The van der Waals surface area contributed by atoms with Crippen LogP contribution in [0.1, 0.15) is 19.3 Å². The van der Waals surface area contributed by atoms with Gasteiger partial charge in [-0.3, -0.25) is 14.8 Å². The first kappa shape index (κ1) is 9.78. The minimum Gasteiger partial charge on any atom is -0.278 e. The van der Waals surface area contributed by atoms with Gasteiger partial charge in [-0.05, 0) is 25.2 Å². The number of carbonyl (C=O) groups is 2. The molecule has 84 valence electrons. The molecule has 0 aromatic rings. The predicted octanol–water partition coefficient (Wildman–Crippen LogP) is 1.27. The molecule has 3 unspecified atom stereocenters. The van der Waals surface area contributed by atoms with E-state index in [1.807, 2.05) is 18.2 Å². The van der Waals surface area contributed by atoms with E-state index in [-0.39, 0.29) is 16.9 Å². The van der Waals surface area contributed by atoms with E-state index in [9.17, 15) is 14.8 Å². The number of amides is 2. The van der Waals surface area contributed by atoms with Crippen molar-refractivity contribution in [1.82, 2.24) is 5.06 Å². The van der Waals surface area contributed by atoms with Gasteiger partial charge in [0.05, 0.1) is 5.92 Å². The molecular formula is C12H13NO3. The van der Waals surface area contributed by atoms with E-state index in [0.717, 1.165) is 19.3 Å². The molecule has 3 atom stereocenters. The number of nitrogens with zero attached hydrogens (tertiary/aromatic N) is 1. The van der Waals surface area contributed by atoms with Crippen molar-refractivity contribution < 1.29 is 14.8 Å². The molecule has 0 aromatic heterocycles. The van der Waals surface area contributed by atoms with Crippen LogP contribution in [0.25, 0.3) is 0 Å². The summed E-state index contributed by atoms with van der Waals surface area (Å²) in [6, 6.07) is 0. The minimum absolute atomic E-state index is 0.00199. The standard InChI is InChI=1S/C12H13NO3/c14-11-8-5-1-3-7-4-2-6-9(10(7)8)12(15)13(11)16/h1,5-8,10,16H,2-4H2. The fourth-order valence-corrected chi connectivity index (χ4v) is 3.12. The van der Waals surface area contributed by atoms with Gasteiger partial charge in [0.2, 0.25) is 0 Å². The van der Waals surface area contributed by atoms with Gasteiger partial charge in [0.15, 0.2) is 0 Å². The lowest BCUT2D eigenvalue weighted by Gasteiger charge is -2.42. The van der Waals surface area contributed by atoms with Gasteiger partial charge < -0.3 is 0 Å². The van der Waals surface area contributed by atoms with Gasteiger partial charge in [-0.1, -0.05) is 18.2 Å². The lowest BCUT2D eigenvalue weighted by Crippen LogP contribution is -2.51. The highest BCUT2D eigenvalue weighted by Gasteiger charge is 2.48. The van der Waals surface area contributed by atoms with Gasteiger partial charge in [0.1, 0.15) is 0 Å². The largest absolute Gasteiger partial charge is 0.280 e. The average molecular weight is 219 g/mol. The van der Waals surface area contributed by atoms with Crippen LogP contribution in [0.3, 0.4) is 0 Å². The molecule has 0 spiro atoms. The van der Waals surface area contributed by atoms with Crippen LogP contribution in [0.4, 0.5) is 0 Å². The second kappa shape index (κ2) is 3.28. The lowest BCUT2D eigenvalue weighted by molar-refractivity contribution is -0.184. The van der Waals surface area contributed by atoms with Crippen molar-refractivity contribution in [2.45, 2.75) is 19.3 Å². The summed E-state index contributed by atoms with van der Waals surface area (Å²) >= 11 is 0. The Labute approximate surface area is 93.2 Å². The van der Waals surface area contributed by atoms with Crippen LogP contribution in [0.15, 0.2) is 23.8 Å². The molecule has 16 heavy (non-hydrogen) atoms. The summed E-state index contributed by atoms with van der Waals surface area (Å²) in [5.41, 5.74) is 0.632. The first-order chi connectivity index (χ1) is 7.70. The Balaban J connectivity index is 2.10. The molecule has 3 aliphatic rings. The number of rotatable bonds is 0. The molecule has 4 heteroatoms. The monoisotopic (exact) mass is 219 g/mol. The number of hydrogen-bond donors (Lipinski definition) is 1. The minimum atomic E-state index is -0.522. The first-order valence-electron chi connectivity index (χ1n) is 5.64. The Morgan fingerprint density at radius 2 is 2.19 bits per heavy atom. The van der Waals surface area contributed by atoms with Crippen LogP contribution in [0.5, 0.6) is 0 Å². The van der Waals surface area contributed by atoms with E-state index in [2.05, 4.69) is 0 Å². The molecule has 2 amide bonds. The molecule has 2 aliphatic carbocycles. The van der Waals surface area contributed by atoms with E-state index in [1.165, 1.54) is 0 Å². The lowest BCUT2D eigenvalue weighted by atomic mass is 9.65. The second-order valence-corrected chi connectivity index (χ2v) is 4.67. The molecule has 0 saturated carbocycles. The Hall–Kier alpha value is -1.42. The van der Waals surface area contributed by atoms with Crippen molar-refractivity contribution in [3.05, 3.63) is 23.8 Å². The van der Waals surface area contributed by atoms with Crippen molar-refractivity contribution in [1.29, 1.82) is 0 Å². The topological polar surface area (TPSA) is 57.6 Å². The van der Waals surface area contributed by atoms with Gasteiger partial charge in [-0.2, -0.15) is 5.06 Å². The van der Waals surface area contributed by atoms with Crippen LogP contribution >= 0.6 is 0 Å². The number of imide groups is 1. The van der Waals surface area contributed by atoms with Crippen LogP contribution in [0, 0.1) is 17.8 Å². The molecule has 1 saturated heterocycles. The Morgan fingerprint density at radius 3 is 3.00 bits per heavy atom. The van der Waals surface area contributed by atoms with E-state index < -0.39 is 11.8 Å². The summed E-state index contributed by atoms with van der Waals surface area (Å²) in [6.07, 6.45) is 8.54. The number of allylic oxidation sites excluding steroid dienone is 2. The Bertz CT molecular complexity index is 424. The number of hydroxylamine groups is 2. The predicted molar refractivity (Wildman–Crippen MR) is 55.2 cm³/mol. The van der Waals surface area contributed by atoms with E-state index in [4.69, 9.17) is 0 Å². The zero-order chi connectivity index (χ0) is 11.3. The summed E-state index contributed by atoms with van der Waals surface area (Å²) in [5, 5.41) is 9.74. The molecule has 3 rings (SSSR count). The normalized spacial score (nSPS) is 37.2. The van der Waals surface area contributed by atoms with Gasteiger partial charge in [0, 0.05) is 11.5 Å². The fraction of sp³-hybridized carbons (Fsp3) is 0.500. The molecule has 1 fully saturated rings. The number of piperidine rings is 1. The zero-order valence-electron chi connectivity index (χ0n) is 8.80. The summed E-state index contributed by atoms with van der Waals surface area (Å²) in [4.78, 5) is 23.5. The van der Waals surface area contributed by atoms with Gasteiger partial charge in [0.25, 0.3) is 11.8 Å². The summed E-state index contributed by atoms with van der Waals surface area (Å²) in [6.45, 7) is 0. The quantitative estimate of drug-likeness (QED) is 0.379. The fourth-order valence-electron chi connectivity index (χ4n) is 3.12. The van der Waals surface area contributed by atoms with Gasteiger partial charge in [-0.15, -0.1) is 0 Å². The maximum Gasteiger partial charge on any atom is 0.280 e. The van der Waals surface area contributed by atoms with Gasteiger partial charge in [-0.25, -0.2) is 0 Å². The van der Waals surface area contributed by atoms with Crippen LogP contribution in [-0.2, 0) is 9.59 Å². The maximum absolute atomic E-state index is 11.8. The van der Waals surface area contributed by atoms with Crippen molar-refractivity contribution in [3.63, 3.8) is 0 Å². The van der Waals surface area contributed by atoms with E-state index in [1.54, 1.807) is 0 Å². The van der Waals surface area contributed by atoms with Crippen molar-refractivity contribution in [2.75, 3.05) is 0 Å². The third-order valence-electron chi connectivity index (χ3n) is 3.87. The second-order valence-electron chi connectivity index (χ2n) is 4.67. The van der Waals surface area contributed by atoms with E-state index >= 15 is 0 Å². The molecule has 0 bridgehead atoms. The molecule has 1 heterocycles. The van der Waals surface area contributed by atoms with Crippen molar-refractivity contribution >= 4 is 11.8 Å². The molecule has 1 aliphatic heterocycles. The summed E-state index contributed by atoms with van der Waals surface area (Å²) in [7, 11) is 0. The number of hydrogen-bond acceptors (Lipinski definition) is 3. The molecule has 0 radical (unpaired) electrons. The highest BCUT2D eigenvalue weighted by atomic mass is 16.5. The van der Waals surface area contributed by atoms with E-state index in [0.29, 0.717) is 11.5 Å². The zero-order valence-corrected chi connectivity index (χ0v) is 8.80. The molecular weight excluding hydrogens is 206 g/mol. The van der Waals surface area contributed by atoms with Crippen LogP contribution in [-0.4, -0.2) is 22.1 Å². The van der Waals surface area contributed by atoms with Crippen LogP contribution < -0.4 is 0 Å². The van der Waals surface area contributed by atoms with Crippen LogP contribution in [0.2, 0.25) is 0 Å². The maximum atomic E-state index is 11.8. The third kappa shape index (κ3) is 1.13. The highest BCUT2D eigenvalue weighted by Crippen LogP contribution is 2.45. The molecule has 0 aromatic carbocycles. The summed E-state index contributed by atoms with van der Waals surface area (Å²) < 4.78 is 0. The molecule has 4 nitrogen and oxygen atoms in total. The van der Waals surface area contributed by atoms with Gasteiger partial charge >= 0.3 is 0 Å². The Morgan fingerprint density at radius 1 is 1.38 bits per heavy atom. The Kier molecular flexibility index (Phi) is 2.01. The highest BCUT2D eigenvalue weighted by molar-refractivity contribution is 6.08. The summed E-state index contributed by atoms with van der Waals surface area (Å²) in [5.74, 6) is -0.951. The first-order valence-corrected chi connectivity index (χ1v) is 5.64.